The van der Waals surface area contributed by atoms with Gasteiger partial charge in [0.25, 0.3) is 0 Å². The number of anilines is 1. The summed E-state index contributed by atoms with van der Waals surface area (Å²) in [6.45, 7) is 4.15. The van der Waals surface area contributed by atoms with Crippen molar-refractivity contribution in [2.75, 3.05) is 18.4 Å². The number of aryl methyl sites for hydroxylation is 1. The highest BCUT2D eigenvalue weighted by molar-refractivity contribution is 7.09. The number of hydrogen-bond acceptors (Lipinski definition) is 5. The minimum atomic E-state index is 0.558. The lowest BCUT2D eigenvalue weighted by molar-refractivity contribution is 0.472. The van der Waals surface area contributed by atoms with Crippen LogP contribution in [0.4, 0.5) is 5.13 Å². The fourth-order valence-electron chi connectivity index (χ4n) is 1.02. The van der Waals surface area contributed by atoms with Crippen LogP contribution in [-0.4, -0.2) is 28.5 Å². The standard InChI is InChI=1S/C7H12N4S/c1-2-6-10-7(12-11-6)9-5-3-8-4-5/h5,8H,2-4H2,1H3,(H,9,10,11). The first-order valence-corrected chi connectivity index (χ1v) is 4.95. The first-order valence-electron chi connectivity index (χ1n) is 4.18. The van der Waals surface area contributed by atoms with Gasteiger partial charge in [-0.2, -0.15) is 4.37 Å². The average molecular weight is 184 g/mol. The van der Waals surface area contributed by atoms with Crippen LogP contribution in [0.3, 0.4) is 0 Å². The molecule has 2 rings (SSSR count). The van der Waals surface area contributed by atoms with Gasteiger partial charge in [0.15, 0.2) is 0 Å². The molecule has 1 aromatic heterocycles. The maximum Gasteiger partial charge on any atom is 0.202 e. The van der Waals surface area contributed by atoms with Crippen LogP contribution >= 0.6 is 11.5 Å². The summed E-state index contributed by atoms with van der Waals surface area (Å²) in [5, 5.41) is 7.47. The molecule has 2 N–H and O–H groups in total. The van der Waals surface area contributed by atoms with E-state index in [0.29, 0.717) is 6.04 Å². The molecule has 0 spiro atoms. The Balaban J connectivity index is 1.93. The zero-order valence-corrected chi connectivity index (χ0v) is 7.82. The Labute approximate surface area is 75.6 Å². The Hall–Kier alpha value is -0.680. The average Bonchev–Trinajstić information content (AvgIpc) is 2.44. The van der Waals surface area contributed by atoms with Crippen molar-refractivity contribution in [1.29, 1.82) is 0 Å². The lowest BCUT2D eigenvalue weighted by atomic mass is 10.2. The quantitative estimate of drug-likeness (QED) is 0.717. The highest BCUT2D eigenvalue weighted by Gasteiger charge is 2.17. The van der Waals surface area contributed by atoms with Gasteiger partial charge in [0, 0.05) is 31.0 Å². The van der Waals surface area contributed by atoms with E-state index in [1.54, 1.807) is 0 Å². The summed E-state index contributed by atoms with van der Waals surface area (Å²) >= 11 is 1.45. The molecule has 0 unspecified atom stereocenters. The molecule has 0 radical (unpaired) electrons. The van der Waals surface area contributed by atoms with Gasteiger partial charge in [0.1, 0.15) is 5.82 Å². The van der Waals surface area contributed by atoms with Gasteiger partial charge in [-0.1, -0.05) is 6.92 Å². The van der Waals surface area contributed by atoms with E-state index in [4.69, 9.17) is 0 Å². The van der Waals surface area contributed by atoms with E-state index in [0.717, 1.165) is 30.5 Å². The second kappa shape index (κ2) is 3.37. The predicted molar refractivity (Wildman–Crippen MR) is 49.6 cm³/mol. The number of aromatic nitrogens is 2. The van der Waals surface area contributed by atoms with Crippen molar-refractivity contribution in [2.24, 2.45) is 0 Å². The van der Waals surface area contributed by atoms with Gasteiger partial charge in [0.2, 0.25) is 5.13 Å². The molecule has 1 aromatic rings. The van der Waals surface area contributed by atoms with Crippen molar-refractivity contribution < 1.29 is 0 Å². The predicted octanol–water partition coefficient (Wildman–Crippen LogP) is 0.484. The minimum absolute atomic E-state index is 0.558. The molecule has 0 atom stereocenters. The highest BCUT2D eigenvalue weighted by atomic mass is 32.1. The largest absolute Gasteiger partial charge is 0.355 e. The molecule has 12 heavy (non-hydrogen) atoms. The van der Waals surface area contributed by atoms with Gasteiger partial charge in [0.05, 0.1) is 6.04 Å². The van der Waals surface area contributed by atoms with E-state index < -0.39 is 0 Å². The van der Waals surface area contributed by atoms with Gasteiger partial charge < -0.3 is 10.6 Å². The molecule has 0 bridgehead atoms. The summed E-state index contributed by atoms with van der Waals surface area (Å²) in [4.78, 5) is 4.32. The normalized spacial score (nSPS) is 17.4. The molecular weight excluding hydrogens is 172 g/mol. The topological polar surface area (TPSA) is 49.8 Å². The van der Waals surface area contributed by atoms with Gasteiger partial charge in [-0.25, -0.2) is 4.98 Å². The summed E-state index contributed by atoms with van der Waals surface area (Å²) in [6.07, 6.45) is 0.918. The Kier molecular flexibility index (Phi) is 2.23. The van der Waals surface area contributed by atoms with Crippen molar-refractivity contribution in [3.8, 4) is 0 Å². The van der Waals surface area contributed by atoms with Gasteiger partial charge in [-0.15, -0.1) is 0 Å². The molecule has 1 saturated heterocycles. The van der Waals surface area contributed by atoms with Crippen LogP contribution in [0.15, 0.2) is 0 Å². The van der Waals surface area contributed by atoms with Crippen LogP contribution in [0, 0.1) is 0 Å². The SMILES string of the molecule is CCc1nsc(NC2CNC2)n1. The first-order chi connectivity index (χ1) is 5.88. The molecule has 0 aromatic carbocycles. The smallest absolute Gasteiger partial charge is 0.202 e. The molecule has 1 aliphatic heterocycles. The molecule has 0 aliphatic carbocycles. The van der Waals surface area contributed by atoms with Crippen LogP contribution in [0.25, 0.3) is 0 Å². The lowest BCUT2D eigenvalue weighted by Gasteiger charge is -2.27. The fraction of sp³-hybridized carbons (Fsp3) is 0.714. The Morgan fingerprint density at radius 2 is 2.50 bits per heavy atom. The fourth-order valence-corrected chi connectivity index (χ4v) is 1.75. The molecular formula is C7H12N4S. The maximum absolute atomic E-state index is 4.32. The van der Waals surface area contributed by atoms with Crippen LogP contribution in [0.5, 0.6) is 0 Å². The number of rotatable bonds is 3. The summed E-state index contributed by atoms with van der Waals surface area (Å²) in [7, 11) is 0. The van der Waals surface area contributed by atoms with E-state index in [1.165, 1.54) is 11.5 Å². The molecule has 1 fully saturated rings. The van der Waals surface area contributed by atoms with Gasteiger partial charge in [-0.05, 0) is 0 Å². The van der Waals surface area contributed by atoms with Crippen molar-refractivity contribution in [2.45, 2.75) is 19.4 Å². The minimum Gasteiger partial charge on any atom is -0.355 e. The molecule has 66 valence electrons. The zero-order chi connectivity index (χ0) is 8.39. The van der Waals surface area contributed by atoms with Crippen molar-refractivity contribution in [3.63, 3.8) is 0 Å². The van der Waals surface area contributed by atoms with E-state index in [-0.39, 0.29) is 0 Å². The Morgan fingerprint density at radius 3 is 3.00 bits per heavy atom. The highest BCUT2D eigenvalue weighted by Crippen LogP contribution is 2.13. The van der Waals surface area contributed by atoms with Crippen LogP contribution in [0.1, 0.15) is 12.7 Å². The van der Waals surface area contributed by atoms with Gasteiger partial charge in [-0.3, -0.25) is 0 Å². The van der Waals surface area contributed by atoms with Crippen LogP contribution in [0.2, 0.25) is 0 Å². The van der Waals surface area contributed by atoms with E-state index in [2.05, 4.69) is 26.9 Å². The third kappa shape index (κ3) is 1.56. The number of hydrogen-bond donors (Lipinski definition) is 2. The third-order valence-electron chi connectivity index (χ3n) is 1.89. The van der Waals surface area contributed by atoms with E-state index >= 15 is 0 Å². The van der Waals surface area contributed by atoms with Crippen molar-refractivity contribution in [1.82, 2.24) is 14.7 Å². The molecule has 0 amide bonds. The zero-order valence-electron chi connectivity index (χ0n) is 7.00. The van der Waals surface area contributed by atoms with E-state index in [1.807, 2.05) is 0 Å². The third-order valence-corrected chi connectivity index (χ3v) is 2.58. The Morgan fingerprint density at radius 1 is 1.67 bits per heavy atom. The molecule has 4 nitrogen and oxygen atoms in total. The molecule has 2 heterocycles. The van der Waals surface area contributed by atoms with Crippen LogP contribution in [-0.2, 0) is 6.42 Å². The second-order valence-corrected chi connectivity index (χ2v) is 3.62. The summed E-state index contributed by atoms with van der Waals surface area (Å²) in [6, 6.07) is 0.558. The van der Waals surface area contributed by atoms with Gasteiger partial charge >= 0.3 is 0 Å². The lowest BCUT2D eigenvalue weighted by Crippen LogP contribution is -2.51. The van der Waals surface area contributed by atoms with Crippen molar-refractivity contribution in [3.05, 3.63) is 5.82 Å². The second-order valence-electron chi connectivity index (χ2n) is 2.87. The first kappa shape index (κ1) is 7.94. The number of nitrogens with zero attached hydrogens (tertiary/aromatic N) is 2. The summed E-state index contributed by atoms with van der Waals surface area (Å²) in [5.74, 6) is 0.940. The summed E-state index contributed by atoms with van der Waals surface area (Å²) < 4.78 is 4.19. The monoisotopic (exact) mass is 184 g/mol. The van der Waals surface area contributed by atoms with Crippen LogP contribution < -0.4 is 10.6 Å². The summed E-state index contributed by atoms with van der Waals surface area (Å²) in [5.41, 5.74) is 0. The number of nitrogens with one attached hydrogen (secondary N) is 2. The van der Waals surface area contributed by atoms with Crippen molar-refractivity contribution >= 4 is 16.7 Å². The van der Waals surface area contributed by atoms with E-state index in [9.17, 15) is 0 Å². The molecule has 5 heteroatoms. The molecule has 1 aliphatic rings. The Bertz CT molecular complexity index is 256. The molecule has 0 saturated carbocycles. The maximum atomic E-state index is 4.32.